The van der Waals surface area contributed by atoms with Crippen LogP contribution >= 0.6 is 11.8 Å². The maximum atomic E-state index is 11.9. The Hall–Kier alpha value is -0.880. The Balaban J connectivity index is 0. The fourth-order valence-electron chi connectivity index (χ4n) is 1.53. The fourth-order valence-corrected chi connectivity index (χ4v) is 1.95. The van der Waals surface area contributed by atoms with Gasteiger partial charge in [-0.2, -0.15) is 11.8 Å². The molecule has 0 spiro atoms. The number of hydrogen-bond donors (Lipinski definition) is 1. The van der Waals surface area contributed by atoms with Crippen LogP contribution < -0.4 is 5.73 Å². The van der Waals surface area contributed by atoms with E-state index in [2.05, 4.69) is 13.8 Å². The van der Waals surface area contributed by atoms with Gasteiger partial charge in [0.15, 0.2) is 5.78 Å². The molecule has 0 bridgehead atoms. The lowest BCUT2D eigenvalue weighted by atomic mass is 10.0. The van der Waals surface area contributed by atoms with Gasteiger partial charge >= 0.3 is 0 Å². The van der Waals surface area contributed by atoms with Crippen molar-refractivity contribution >= 4 is 29.7 Å². The van der Waals surface area contributed by atoms with Gasteiger partial charge in [0.05, 0.1) is 5.25 Å². The lowest BCUT2D eigenvalue weighted by molar-refractivity contribution is -0.139. The Morgan fingerprint density at radius 2 is 1.76 bits per heavy atom. The number of carbonyl (C=O) groups excluding carboxylic acids is 3. The minimum Gasteiger partial charge on any atom is -0.334 e. The summed E-state index contributed by atoms with van der Waals surface area (Å²) in [5.41, 5.74) is 5.56. The van der Waals surface area contributed by atoms with Crippen molar-refractivity contribution in [3.05, 3.63) is 0 Å². The first-order chi connectivity index (χ1) is 9.80. The molecule has 0 heterocycles. The molecule has 0 aliphatic rings. The van der Waals surface area contributed by atoms with Gasteiger partial charge in [0.1, 0.15) is 12.3 Å². The smallest absolute Gasteiger partial charge is 0.224 e. The Bertz CT molecular complexity index is 322. The molecule has 0 saturated heterocycles. The summed E-state index contributed by atoms with van der Waals surface area (Å²) in [6, 6.07) is -0.605. The maximum absolute atomic E-state index is 11.9. The van der Waals surface area contributed by atoms with Crippen LogP contribution in [0.4, 0.5) is 0 Å². The number of nitrogens with two attached hydrogens (primary N) is 1. The highest BCUT2D eigenvalue weighted by Gasteiger charge is 2.28. The van der Waals surface area contributed by atoms with E-state index in [9.17, 15) is 14.4 Å². The van der Waals surface area contributed by atoms with Crippen molar-refractivity contribution in [2.45, 2.75) is 51.8 Å². The Morgan fingerprint density at radius 3 is 2.05 bits per heavy atom. The standard InChI is InChI=1S/C12H22N2O3S.C3H8/c1-8(2)12(17)10(6-13)14(3)11(16)5-9(7-15)18-4;1-3-2/h7-10H,5-6,13H2,1-4H3;3H2,1-2H3. The summed E-state index contributed by atoms with van der Waals surface area (Å²) in [5.74, 6) is -0.456. The quantitative estimate of drug-likeness (QED) is 0.689. The normalized spacial score (nSPS) is 13.0. The predicted octanol–water partition coefficient (Wildman–Crippen LogP) is 1.73. The number of amides is 1. The van der Waals surface area contributed by atoms with Gasteiger partial charge in [-0.05, 0) is 6.26 Å². The van der Waals surface area contributed by atoms with Crippen LogP contribution in [0, 0.1) is 5.92 Å². The van der Waals surface area contributed by atoms with Gasteiger partial charge in [0.25, 0.3) is 0 Å². The van der Waals surface area contributed by atoms with Crippen LogP contribution in [0.25, 0.3) is 0 Å². The molecule has 0 aromatic heterocycles. The number of hydrogen-bond acceptors (Lipinski definition) is 5. The summed E-state index contributed by atoms with van der Waals surface area (Å²) in [7, 11) is 1.56. The Kier molecular flexibility index (Phi) is 13.7. The van der Waals surface area contributed by atoms with E-state index in [1.807, 2.05) is 0 Å². The zero-order valence-electron chi connectivity index (χ0n) is 14.1. The number of nitrogens with zero attached hydrogens (tertiary/aromatic N) is 1. The van der Waals surface area contributed by atoms with E-state index in [1.165, 1.54) is 23.1 Å². The molecule has 5 nitrogen and oxygen atoms in total. The van der Waals surface area contributed by atoms with Crippen LogP contribution in [-0.2, 0) is 14.4 Å². The second-order valence-corrected chi connectivity index (χ2v) is 6.21. The second kappa shape index (κ2) is 12.8. The molecule has 0 aliphatic carbocycles. The Morgan fingerprint density at radius 1 is 1.29 bits per heavy atom. The zero-order valence-corrected chi connectivity index (χ0v) is 14.9. The number of thioether (sulfide) groups is 1. The van der Waals surface area contributed by atoms with Crippen molar-refractivity contribution in [2.75, 3.05) is 19.8 Å². The molecule has 2 unspecified atom stereocenters. The second-order valence-electron chi connectivity index (χ2n) is 5.13. The molecule has 0 aromatic rings. The molecule has 124 valence electrons. The van der Waals surface area contributed by atoms with E-state index in [0.29, 0.717) is 0 Å². The van der Waals surface area contributed by atoms with Crippen molar-refractivity contribution in [1.82, 2.24) is 4.90 Å². The summed E-state index contributed by atoms with van der Waals surface area (Å²) >= 11 is 1.32. The molecule has 1 amide bonds. The molecular formula is C15H30N2O3S. The number of ketones is 1. The van der Waals surface area contributed by atoms with Gasteiger partial charge in [-0.1, -0.05) is 34.1 Å². The first kappa shape index (κ1) is 22.4. The third kappa shape index (κ3) is 8.88. The van der Waals surface area contributed by atoms with E-state index in [4.69, 9.17) is 5.73 Å². The summed E-state index contributed by atoms with van der Waals surface area (Å²) < 4.78 is 0. The summed E-state index contributed by atoms with van der Waals surface area (Å²) in [6.45, 7) is 7.91. The molecular weight excluding hydrogens is 288 g/mol. The number of carbonyl (C=O) groups is 3. The van der Waals surface area contributed by atoms with Crippen LogP contribution in [0.15, 0.2) is 0 Å². The topological polar surface area (TPSA) is 80.5 Å². The molecule has 0 rings (SSSR count). The third-order valence-corrected chi connectivity index (χ3v) is 3.70. The monoisotopic (exact) mass is 318 g/mol. The third-order valence-electron chi connectivity index (χ3n) is 2.81. The van der Waals surface area contributed by atoms with Gasteiger partial charge in [-0.3, -0.25) is 9.59 Å². The molecule has 0 saturated carbocycles. The fraction of sp³-hybridized carbons (Fsp3) is 0.800. The van der Waals surface area contributed by atoms with Crippen molar-refractivity contribution in [3.63, 3.8) is 0 Å². The average molecular weight is 318 g/mol. The average Bonchev–Trinajstić information content (AvgIpc) is 2.45. The van der Waals surface area contributed by atoms with Gasteiger partial charge in [0.2, 0.25) is 5.91 Å². The summed E-state index contributed by atoms with van der Waals surface area (Å²) in [4.78, 5) is 35.9. The first-order valence-electron chi connectivity index (χ1n) is 7.27. The number of rotatable bonds is 8. The van der Waals surface area contributed by atoms with Crippen molar-refractivity contribution in [1.29, 1.82) is 0 Å². The number of Topliss-reactive ketones (excluding diaryl/α,β-unsaturated/α-hetero) is 1. The van der Waals surface area contributed by atoms with Crippen LogP contribution in [0.1, 0.15) is 40.5 Å². The molecule has 21 heavy (non-hydrogen) atoms. The van der Waals surface area contributed by atoms with Crippen LogP contribution in [0.5, 0.6) is 0 Å². The van der Waals surface area contributed by atoms with E-state index < -0.39 is 6.04 Å². The molecule has 0 aromatic carbocycles. The van der Waals surface area contributed by atoms with Gasteiger partial charge in [-0.25, -0.2) is 0 Å². The largest absolute Gasteiger partial charge is 0.334 e. The minimum absolute atomic E-state index is 0.0554. The lowest BCUT2D eigenvalue weighted by Gasteiger charge is -2.28. The predicted molar refractivity (Wildman–Crippen MR) is 89.4 cm³/mol. The van der Waals surface area contributed by atoms with Gasteiger partial charge in [0, 0.05) is 25.9 Å². The summed E-state index contributed by atoms with van der Waals surface area (Å²) in [5, 5.41) is -0.368. The molecule has 6 heteroatoms. The van der Waals surface area contributed by atoms with Crippen LogP contribution in [0.3, 0.4) is 0 Å². The van der Waals surface area contributed by atoms with Gasteiger partial charge < -0.3 is 15.4 Å². The highest BCUT2D eigenvalue weighted by atomic mass is 32.2. The SMILES string of the molecule is CCC.CSC(C=O)CC(=O)N(C)C(CN)C(=O)C(C)C. The van der Waals surface area contributed by atoms with Crippen LogP contribution in [-0.4, -0.2) is 54.0 Å². The summed E-state index contributed by atoms with van der Waals surface area (Å²) in [6.07, 6.45) is 3.87. The van der Waals surface area contributed by atoms with Gasteiger partial charge in [-0.15, -0.1) is 0 Å². The maximum Gasteiger partial charge on any atom is 0.224 e. The first-order valence-corrected chi connectivity index (χ1v) is 8.56. The van der Waals surface area contributed by atoms with E-state index in [1.54, 1.807) is 27.2 Å². The number of aldehydes is 1. The van der Waals surface area contributed by atoms with Crippen molar-refractivity contribution in [2.24, 2.45) is 11.7 Å². The molecule has 0 aliphatic heterocycles. The highest BCUT2D eigenvalue weighted by Crippen LogP contribution is 2.12. The highest BCUT2D eigenvalue weighted by molar-refractivity contribution is 7.99. The van der Waals surface area contributed by atoms with E-state index >= 15 is 0 Å². The van der Waals surface area contributed by atoms with E-state index in [-0.39, 0.29) is 35.8 Å². The lowest BCUT2D eigenvalue weighted by Crippen LogP contribution is -2.49. The number of likely N-dealkylation sites (N-methyl/N-ethyl adjacent to an activating group) is 1. The molecule has 0 radical (unpaired) electrons. The van der Waals surface area contributed by atoms with E-state index in [0.717, 1.165) is 6.29 Å². The molecule has 2 N–H and O–H groups in total. The zero-order chi connectivity index (χ0) is 17.0. The molecule has 0 fully saturated rings. The van der Waals surface area contributed by atoms with Crippen molar-refractivity contribution in [3.8, 4) is 0 Å². The van der Waals surface area contributed by atoms with Crippen LogP contribution in [0.2, 0.25) is 0 Å². The molecule has 2 atom stereocenters. The Labute approximate surface area is 133 Å². The minimum atomic E-state index is -0.605. The van der Waals surface area contributed by atoms with Crippen molar-refractivity contribution < 1.29 is 14.4 Å².